The van der Waals surface area contributed by atoms with Crippen molar-refractivity contribution in [2.45, 2.75) is 20.4 Å². The second-order valence-electron chi connectivity index (χ2n) is 4.97. The lowest BCUT2D eigenvalue weighted by Gasteiger charge is -2.12. The summed E-state index contributed by atoms with van der Waals surface area (Å²) in [5.74, 6) is -0.428. The van der Waals surface area contributed by atoms with E-state index in [0.29, 0.717) is 17.7 Å². The normalized spacial score (nSPS) is 9.95. The molecule has 0 spiro atoms. The molecule has 0 aliphatic rings. The van der Waals surface area contributed by atoms with Gasteiger partial charge in [-0.3, -0.25) is 4.79 Å². The van der Waals surface area contributed by atoms with Gasteiger partial charge in [0.15, 0.2) is 0 Å². The van der Waals surface area contributed by atoms with Crippen molar-refractivity contribution in [3.8, 4) is 6.07 Å². The molecule has 2 rings (SSSR count). The summed E-state index contributed by atoms with van der Waals surface area (Å²) in [6, 6.07) is 13.3. The Hall–Kier alpha value is -2.80. The van der Waals surface area contributed by atoms with E-state index >= 15 is 0 Å². The number of carbonyl (C=O) groups is 1. The van der Waals surface area contributed by atoms with Crippen LogP contribution in [0.15, 0.2) is 36.4 Å². The first kappa shape index (κ1) is 14.6. The Bertz CT molecular complexity index is 729. The molecule has 0 saturated carbocycles. The van der Waals surface area contributed by atoms with Crippen LogP contribution in [0.2, 0.25) is 0 Å². The molecule has 0 radical (unpaired) electrons. The molecule has 0 atom stereocenters. The molecule has 0 saturated heterocycles. The smallest absolute Gasteiger partial charge is 0.248 e. The Morgan fingerprint density at radius 3 is 2.62 bits per heavy atom. The van der Waals surface area contributed by atoms with Gasteiger partial charge >= 0.3 is 0 Å². The van der Waals surface area contributed by atoms with Gasteiger partial charge in [-0.2, -0.15) is 5.26 Å². The number of nitrogens with one attached hydrogen (secondary N) is 1. The van der Waals surface area contributed by atoms with Gasteiger partial charge < -0.3 is 11.1 Å². The van der Waals surface area contributed by atoms with Crippen LogP contribution in [0, 0.1) is 25.2 Å². The maximum absolute atomic E-state index is 11.1. The summed E-state index contributed by atoms with van der Waals surface area (Å²) >= 11 is 0. The van der Waals surface area contributed by atoms with Gasteiger partial charge in [0, 0.05) is 12.1 Å². The minimum Gasteiger partial charge on any atom is -0.380 e. The number of nitriles is 1. The van der Waals surface area contributed by atoms with Crippen molar-refractivity contribution in [2.24, 2.45) is 5.73 Å². The Labute approximate surface area is 124 Å². The number of primary amides is 1. The lowest BCUT2D eigenvalue weighted by molar-refractivity contribution is 0.1000. The third-order valence-electron chi connectivity index (χ3n) is 3.48. The molecule has 0 aromatic heterocycles. The summed E-state index contributed by atoms with van der Waals surface area (Å²) < 4.78 is 0. The molecule has 3 N–H and O–H groups in total. The van der Waals surface area contributed by atoms with E-state index in [2.05, 4.69) is 11.4 Å². The number of nitrogens with two attached hydrogens (primary N) is 1. The van der Waals surface area contributed by atoms with Crippen molar-refractivity contribution in [3.05, 3.63) is 64.2 Å². The minimum atomic E-state index is -0.428. The average Bonchev–Trinajstić information content (AvgIpc) is 2.45. The predicted octanol–water partition coefficient (Wildman–Crippen LogP) is 2.89. The van der Waals surface area contributed by atoms with Gasteiger partial charge in [0.1, 0.15) is 6.07 Å². The number of benzene rings is 2. The zero-order valence-corrected chi connectivity index (χ0v) is 12.1. The average molecular weight is 279 g/mol. The van der Waals surface area contributed by atoms with Crippen LogP contribution in [0.1, 0.15) is 32.6 Å². The Morgan fingerprint density at radius 1 is 1.24 bits per heavy atom. The summed E-state index contributed by atoms with van der Waals surface area (Å²) in [6.45, 7) is 4.44. The Kier molecular flexibility index (Phi) is 4.24. The van der Waals surface area contributed by atoms with Gasteiger partial charge in [-0.15, -0.1) is 0 Å². The van der Waals surface area contributed by atoms with Gasteiger partial charge in [-0.05, 0) is 48.7 Å². The topological polar surface area (TPSA) is 78.9 Å². The Balaban J connectivity index is 2.20. The molecule has 4 heteroatoms. The highest BCUT2D eigenvalue weighted by Crippen LogP contribution is 2.20. The molecule has 106 valence electrons. The van der Waals surface area contributed by atoms with Crippen LogP contribution in [0.3, 0.4) is 0 Å². The number of hydrogen-bond donors (Lipinski definition) is 2. The second kappa shape index (κ2) is 6.10. The van der Waals surface area contributed by atoms with Crippen molar-refractivity contribution >= 4 is 11.6 Å². The van der Waals surface area contributed by atoms with Crippen LogP contribution >= 0.6 is 0 Å². The summed E-state index contributed by atoms with van der Waals surface area (Å²) in [7, 11) is 0. The van der Waals surface area contributed by atoms with Crippen molar-refractivity contribution < 1.29 is 4.79 Å². The molecular weight excluding hydrogens is 262 g/mol. The van der Waals surface area contributed by atoms with Crippen molar-refractivity contribution in [3.63, 3.8) is 0 Å². The zero-order chi connectivity index (χ0) is 15.4. The SMILES string of the molecule is Cc1cc(C(N)=O)ccc1CNc1cccc(C)c1C#N. The molecular formula is C17H17N3O. The van der Waals surface area contributed by atoms with E-state index in [1.807, 2.05) is 38.1 Å². The van der Waals surface area contributed by atoms with Gasteiger partial charge in [0.05, 0.1) is 11.3 Å². The maximum atomic E-state index is 11.1. The monoisotopic (exact) mass is 279 g/mol. The second-order valence-corrected chi connectivity index (χ2v) is 4.97. The molecule has 0 heterocycles. The fraction of sp³-hybridized carbons (Fsp3) is 0.176. The van der Waals surface area contributed by atoms with Crippen molar-refractivity contribution in [1.29, 1.82) is 5.26 Å². The summed E-state index contributed by atoms with van der Waals surface area (Å²) in [5, 5.41) is 12.5. The molecule has 2 aromatic rings. The first-order chi connectivity index (χ1) is 10.0. The standard InChI is InChI=1S/C17H17N3O/c1-11-4-3-5-16(15(11)9-18)20-10-14-7-6-13(17(19)21)8-12(14)2/h3-8,20H,10H2,1-2H3,(H2,19,21). The van der Waals surface area contributed by atoms with E-state index in [-0.39, 0.29) is 0 Å². The Morgan fingerprint density at radius 2 is 2.00 bits per heavy atom. The van der Waals surface area contributed by atoms with E-state index in [0.717, 1.165) is 22.4 Å². The largest absolute Gasteiger partial charge is 0.380 e. The number of carbonyl (C=O) groups excluding carboxylic acids is 1. The van der Waals surface area contributed by atoms with E-state index in [4.69, 9.17) is 5.73 Å². The van der Waals surface area contributed by atoms with Gasteiger partial charge in [-0.25, -0.2) is 0 Å². The van der Waals surface area contributed by atoms with Crippen LogP contribution in [-0.2, 0) is 6.54 Å². The molecule has 21 heavy (non-hydrogen) atoms. The summed E-state index contributed by atoms with van der Waals surface area (Å²) in [5.41, 5.74) is 10.2. The highest BCUT2D eigenvalue weighted by molar-refractivity contribution is 5.93. The van der Waals surface area contributed by atoms with Crippen LogP contribution in [-0.4, -0.2) is 5.91 Å². The lowest BCUT2D eigenvalue weighted by atomic mass is 10.0. The first-order valence-electron chi connectivity index (χ1n) is 6.66. The molecule has 4 nitrogen and oxygen atoms in total. The van der Waals surface area contributed by atoms with Gasteiger partial charge in [-0.1, -0.05) is 18.2 Å². The molecule has 0 aliphatic heterocycles. The molecule has 1 amide bonds. The minimum absolute atomic E-state index is 0.428. The third kappa shape index (κ3) is 3.21. The van der Waals surface area contributed by atoms with E-state index in [1.165, 1.54) is 0 Å². The number of hydrogen-bond acceptors (Lipinski definition) is 3. The number of amides is 1. The van der Waals surface area contributed by atoms with Gasteiger partial charge in [0.2, 0.25) is 5.91 Å². The molecule has 0 unspecified atom stereocenters. The van der Waals surface area contributed by atoms with E-state index < -0.39 is 5.91 Å². The number of nitrogens with zero attached hydrogens (tertiary/aromatic N) is 1. The third-order valence-corrected chi connectivity index (χ3v) is 3.48. The highest BCUT2D eigenvalue weighted by Gasteiger charge is 2.07. The predicted molar refractivity (Wildman–Crippen MR) is 82.9 cm³/mol. The lowest BCUT2D eigenvalue weighted by Crippen LogP contribution is -2.12. The summed E-state index contributed by atoms with van der Waals surface area (Å²) in [4.78, 5) is 11.1. The quantitative estimate of drug-likeness (QED) is 0.903. The molecule has 0 fully saturated rings. The number of anilines is 1. The first-order valence-corrected chi connectivity index (χ1v) is 6.66. The number of rotatable bonds is 4. The summed E-state index contributed by atoms with van der Waals surface area (Å²) in [6.07, 6.45) is 0. The number of aryl methyl sites for hydroxylation is 2. The van der Waals surface area contributed by atoms with Crippen LogP contribution in [0.25, 0.3) is 0 Å². The van der Waals surface area contributed by atoms with Crippen LogP contribution in [0.4, 0.5) is 5.69 Å². The molecule has 0 bridgehead atoms. The van der Waals surface area contributed by atoms with E-state index in [1.54, 1.807) is 12.1 Å². The molecule has 2 aromatic carbocycles. The fourth-order valence-corrected chi connectivity index (χ4v) is 2.20. The molecule has 0 aliphatic carbocycles. The van der Waals surface area contributed by atoms with Crippen molar-refractivity contribution in [1.82, 2.24) is 0 Å². The fourth-order valence-electron chi connectivity index (χ4n) is 2.20. The highest BCUT2D eigenvalue weighted by atomic mass is 16.1. The van der Waals surface area contributed by atoms with Crippen molar-refractivity contribution in [2.75, 3.05) is 5.32 Å². The van der Waals surface area contributed by atoms with Crippen LogP contribution < -0.4 is 11.1 Å². The zero-order valence-electron chi connectivity index (χ0n) is 12.1. The van der Waals surface area contributed by atoms with Gasteiger partial charge in [0.25, 0.3) is 0 Å². The van der Waals surface area contributed by atoms with Crippen LogP contribution in [0.5, 0.6) is 0 Å². The maximum Gasteiger partial charge on any atom is 0.248 e. The van der Waals surface area contributed by atoms with E-state index in [9.17, 15) is 10.1 Å².